The summed E-state index contributed by atoms with van der Waals surface area (Å²) in [6.07, 6.45) is 0.678. The fraction of sp³-hybridized carbons (Fsp3) is 0.148. The monoisotopic (exact) mass is 638 g/mol. The Kier molecular flexibility index (Phi) is 10.2. The summed E-state index contributed by atoms with van der Waals surface area (Å²) >= 11 is 0. The molecule has 0 aliphatic carbocycles. The van der Waals surface area contributed by atoms with Crippen molar-refractivity contribution in [1.29, 1.82) is 5.41 Å². The molecule has 0 saturated carbocycles. The fourth-order valence-electron chi connectivity index (χ4n) is 3.73. The third kappa shape index (κ3) is 8.46. The molecule has 45 heavy (non-hydrogen) atoms. The minimum atomic E-state index is -3.14. The molecule has 0 atom stereocenters. The molecule has 5 rings (SSSR count). The summed E-state index contributed by atoms with van der Waals surface area (Å²) in [4.78, 5) is 17.1. The summed E-state index contributed by atoms with van der Waals surface area (Å²) in [7, 11) is 0. The number of rotatable bonds is 10. The van der Waals surface area contributed by atoms with Gasteiger partial charge in [0.25, 0.3) is 5.56 Å². The average molecular weight is 639 g/mol. The molecule has 0 amide bonds. The molecule has 0 aliphatic heterocycles. The summed E-state index contributed by atoms with van der Waals surface area (Å²) in [5.41, 5.74) is 4.59. The molecule has 0 spiro atoms. The van der Waals surface area contributed by atoms with Gasteiger partial charge in [0.1, 0.15) is 28.9 Å². The van der Waals surface area contributed by atoms with Crippen molar-refractivity contribution in [2.75, 3.05) is 0 Å². The zero-order chi connectivity index (χ0) is 32.7. The number of benzene rings is 2. The Labute approximate surface area is 248 Å². The van der Waals surface area contributed by atoms with Gasteiger partial charge in [0.05, 0.1) is 19.3 Å². The van der Waals surface area contributed by atoms with Crippen molar-refractivity contribution in [2.24, 2.45) is 5.73 Å². The van der Waals surface area contributed by atoms with Crippen LogP contribution in [-0.4, -0.2) is 48.6 Å². The van der Waals surface area contributed by atoms with Crippen LogP contribution in [0.25, 0.3) is 11.5 Å². The van der Waals surface area contributed by atoms with Gasteiger partial charge in [-0.3, -0.25) is 10.2 Å². The molecule has 0 aliphatic rings. The predicted molar refractivity (Wildman–Crippen MR) is 144 cm³/mol. The Morgan fingerprint density at radius 1 is 0.822 bits per heavy atom. The van der Waals surface area contributed by atoms with Crippen molar-refractivity contribution in [3.63, 3.8) is 0 Å². The van der Waals surface area contributed by atoms with E-state index in [4.69, 9.17) is 11.1 Å². The van der Waals surface area contributed by atoms with Gasteiger partial charge in [-0.1, -0.05) is 36.4 Å². The van der Waals surface area contributed by atoms with Gasteiger partial charge in [0.15, 0.2) is 5.82 Å². The van der Waals surface area contributed by atoms with E-state index in [0.717, 1.165) is 21.5 Å². The summed E-state index contributed by atoms with van der Waals surface area (Å²) in [5.74, 6) is -3.31. The van der Waals surface area contributed by atoms with Gasteiger partial charge in [-0.05, 0) is 12.1 Å². The number of halogens is 7. The lowest BCUT2D eigenvalue weighted by Gasteiger charge is -2.08. The van der Waals surface area contributed by atoms with Crippen molar-refractivity contribution in [3.8, 4) is 23.3 Å². The molecule has 0 bridgehead atoms. The second kappa shape index (κ2) is 14.2. The van der Waals surface area contributed by atoms with E-state index in [1.54, 1.807) is 12.1 Å². The molecule has 0 radical (unpaired) electrons. The number of hydrogen-bond acceptors (Lipinski definition) is 7. The van der Waals surface area contributed by atoms with Crippen LogP contribution in [0.2, 0.25) is 0 Å². The minimum absolute atomic E-state index is 0.0167. The molecule has 18 heteroatoms. The van der Waals surface area contributed by atoms with Crippen LogP contribution >= 0.6 is 0 Å². The lowest BCUT2D eigenvalue weighted by atomic mass is 10.2. The molecule has 3 aromatic heterocycles. The van der Waals surface area contributed by atoms with E-state index in [-0.39, 0.29) is 53.2 Å². The molecule has 4 N–H and O–H groups in total. The number of H-pyrrole nitrogens is 1. The quantitative estimate of drug-likeness (QED) is 0.116. The van der Waals surface area contributed by atoms with Gasteiger partial charge in [0, 0.05) is 23.3 Å². The largest absolute Gasteiger partial charge is 0.417 e. The predicted octanol–water partition coefficient (Wildman–Crippen LogP) is 4.52. The number of nitrogen functional groups attached to an aromatic ring is 1. The number of hydrogen-bond donors (Lipinski definition) is 3. The van der Waals surface area contributed by atoms with Gasteiger partial charge in [-0.15, -0.1) is 0 Å². The van der Waals surface area contributed by atoms with Crippen LogP contribution in [-0.2, 0) is 13.1 Å². The Morgan fingerprint density at radius 2 is 1.33 bits per heavy atom. The zero-order valence-corrected chi connectivity index (χ0v) is 22.6. The highest BCUT2D eigenvalue weighted by Gasteiger charge is 2.18. The number of nitrogens with two attached hydrogens (primary N) is 1. The molecule has 2 aromatic carbocycles. The van der Waals surface area contributed by atoms with Crippen LogP contribution in [0.1, 0.15) is 16.8 Å². The van der Waals surface area contributed by atoms with Gasteiger partial charge in [-0.25, -0.2) is 23.1 Å². The molecular formula is C27H21F7N8O3. The van der Waals surface area contributed by atoms with Gasteiger partial charge in [0.2, 0.25) is 17.6 Å². The number of ether oxygens (including phenoxy) is 2. The molecule has 3 heterocycles. The Morgan fingerprint density at radius 3 is 1.82 bits per heavy atom. The summed E-state index contributed by atoms with van der Waals surface area (Å²) in [5, 5.41) is 15.1. The first kappa shape index (κ1) is 32.2. The van der Waals surface area contributed by atoms with E-state index < -0.39 is 42.1 Å². The number of nitrogens with one attached hydrogen (secondary N) is 2. The third-order valence-electron chi connectivity index (χ3n) is 5.74. The molecular weight excluding hydrogens is 617 g/mol. The lowest BCUT2D eigenvalue weighted by Crippen LogP contribution is -2.13. The van der Waals surface area contributed by atoms with Gasteiger partial charge in [-0.2, -0.15) is 32.1 Å². The average Bonchev–Trinajstić information content (AvgIpc) is 3.56. The number of aromatic nitrogens is 6. The first-order valence-corrected chi connectivity index (χ1v) is 12.5. The SMILES string of the molecule is N=C(N)c1cc(OC(F)F)n(Cc2ccccc2F)n1.O=c1[nH]c(-c2cc(OC(F)F)n(Cc3ccccc3F)n2)ncc1F. The molecule has 5 aromatic rings. The van der Waals surface area contributed by atoms with Crippen LogP contribution in [0.4, 0.5) is 30.7 Å². The van der Waals surface area contributed by atoms with Crippen LogP contribution in [0, 0.1) is 22.9 Å². The Hall–Kier alpha value is -5.68. The maximum absolute atomic E-state index is 13.8. The standard InChI is InChI=1S/C15H10F4N4O2.C12H11F3N4O/c16-9-4-2-1-3-8(9)7-23-12(25-15(18)19)5-11(22-23)13-20-6-10(17)14(24)21-13;13-8-4-2-1-3-7(8)6-19-10(20-12(14)15)5-9(18-19)11(16)17/h1-6,15H,7H2,(H,20,21,24);1-5,12H,6H2,(H3,16,17). The smallest absolute Gasteiger partial charge is 0.388 e. The lowest BCUT2D eigenvalue weighted by molar-refractivity contribution is -0.0563. The summed E-state index contributed by atoms with van der Waals surface area (Å²) in [6.45, 7) is -6.49. The van der Waals surface area contributed by atoms with Gasteiger partial charge < -0.3 is 20.2 Å². The topological polar surface area (TPSA) is 150 Å². The first-order chi connectivity index (χ1) is 21.4. The van der Waals surface area contributed by atoms with Crippen LogP contribution in [0.3, 0.4) is 0 Å². The van der Waals surface area contributed by atoms with Crippen molar-refractivity contribution in [3.05, 3.63) is 111 Å². The second-order valence-electron chi connectivity index (χ2n) is 8.81. The van der Waals surface area contributed by atoms with Gasteiger partial charge >= 0.3 is 13.2 Å². The fourth-order valence-corrected chi connectivity index (χ4v) is 3.73. The minimum Gasteiger partial charge on any atom is -0.417 e. The normalized spacial score (nSPS) is 11.0. The van der Waals surface area contributed by atoms with E-state index in [1.807, 2.05) is 0 Å². The van der Waals surface area contributed by atoms with E-state index in [0.29, 0.717) is 6.20 Å². The van der Waals surface area contributed by atoms with Crippen LogP contribution in [0.5, 0.6) is 11.8 Å². The summed E-state index contributed by atoms with van der Waals surface area (Å²) in [6, 6.07) is 13.8. The first-order valence-electron chi connectivity index (χ1n) is 12.5. The van der Waals surface area contributed by atoms with Crippen molar-refractivity contribution < 1.29 is 40.2 Å². The number of alkyl halides is 4. The molecule has 11 nitrogen and oxygen atoms in total. The molecule has 236 valence electrons. The Balaban J connectivity index is 0.000000210. The van der Waals surface area contributed by atoms with E-state index in [1.165, 1.54) is 36.4 Å². The summed E-state index contributed by atoms with van der Waals surface area (Å²) < 4.78 is 101. The number of amidine groups is 1. The molecule has 0 saturated heterocycles. The van der Waals surface area contributed by atoms with Crippen molar-refractivity contribution in [2.45, 2.75) is 26.3 Å². The maximum Gasteiger partial charge on any atom is 0.388 e. The highest BCUT2D eigenvalue weighted by molar-refractivity contribution is 5.93. The third-order valence-corrected chi connectivity index (χ3v) is 5.74. The highest BCUT2D eigenvalue weighted by atomic mass is 19.3. The zero-order valence-electron chi connectivity index (χ0n) is 22.6. The van der Waals surface area contributed by atoms with Crippen molar-refractivity contribution in [1.82, 2.24) is 29.5 Å². The van der Waals surface area contributed by atoms with E-state index in [9.17, 15) is 35.5 Å². The molecule has 0 unspecified atom stereocenters. The number of nitrogens with zero attached hydrogens (tertiary/aromatic N) is 5. The highest BCUT2D eigenvalue weighted by Crippen LogP contribution is 2.24. The second-order valence-corrected chi connectivity index (χ2v) is 8.81. The van der Waals surface area contributed by atoms with Crippen molar-refractivity contribution >= 4 is 5.84 Å². The van der Waals surface area contributed by atoms with Crippen LogP contribution in [0.15, 0.2) is 71.7 Å². The van der Waals surface area contributed by atoms with E-state index >= 15 is 0 Å². The number of aromatic amines is 1. The Bertz CT molecular complexity index is 1840. The maximum atomic E-state index is 13.8. The molecule has 0 fully saturated rings. The van der Waals surface area contributed by atoms with Crippen LogP contribution < -0.4 is 20.8 Å². The van der Waals surface area contributed by atoms with E-state index in [2.05, 4.69) is 29.6 Å².